The number of methoxy groups -OCH3 is 1. The van der Waals surface area contributed by atoms with Crippen LogP contribution in [-0.2, 0) is 28.3 Å². The van der Waals surface area contributed by atoms with Crippen LogP contribution >= 0.6 is 0 Å². The third kappa shape index (κ3) is 8.64. The number of rotatable bonds is 12. The molecule has 7 atom stereocenters. The maximum Gasteiger partial charge on any atom is 0.308 e. The number of ether oxygens (including phenoxy) is 2. The van der Waals surface area contributed by atoms with Gasteiger partial charge in [0, 0.05) is 18.8 Å². The van der Waals surface area contributed by atoms with Gasteiger partial charge in [-0.2, -0.15) is 0 Å². The molecule has 216 valence electrons. The van der Waals surface area contributed by atoms with Crippen LogP contribution in [0, 0.1) is 29.6 Å². The van der Waals surface area contributed by atoms with Crippen LogP contribution in [0.2, 0.25) is 18.1 Å². The van der Waals surface area contributed by atoms with E-state index < -0.39 is 14.4 Å². The molecule has 0 N–H and O–H groups in total. The zero-order valence-electron chi connectivity index (χ0n) is 25.5. The summed E-state index contributed by atoms with van der Waals surface area (Å²) in [7, 11) is -0.806. The molecule has 2 aliphatic rings. The molecule has 0 aromatic rings. The molecule has 0 aromatic carbocycles. The lowest BCUT2D eigenvalue weighted by Gasteiger charge is -2.43. The van der Waals surface area contributed by atoms with Gasteiger partial charge in [-0.15, -0.1) is 0 Å². The van der Waals surface area contributed by atoms with Crippen LogP contribution < -0.4 is 0 Å². The number of allylic oxidation sites excluding steroid dienone is 3. The van der Waals surface area contributed by atoms with Gasteiger partial charge in [0.1, 0.15) is 11.9 Å². The fourth-order valence-corrected chi connectivity index (χ4v) is 6.71. The van der Waals surface area contributed by atoms with Crippen LogP contribution in [-0.4, -0.2) is 45.4 Å². The molecular formula is C31H52O6Si. The van der Waals surface area contributed by atoms with Gasteiger partial charge in [-0.05, 0) is 60.7 Å². The lowest BCUT2D eigenvalue weighted by molar-refractivity contribution is -0.158. The largest absolute Gasteiger partial charge is 0.469 e. The molecule has 2 aliphatic carbocycles. The summed E-state index contributed by atoms with van der Waals surface area (Å²) in [4.78, 5) is 38.1. The number of esters is 2. The Morgan fingerprint density at radius 3 is 2.37 bits per heavy atom. The van der Waals surface area contributed by atoms with Crippen LogP contribution in [0.4, 0.5) is 0 Å². The van der Waals surface area contributed by atoms with Crippen molar-refractivity contribution >= 4 is 26.0 Å². The summed E-state index contributed by atoms with van der Waals surface area (Å²) in [6, 6.07) is 0. The van der Waals surface area contributed by atoms with Crippen molar-refractivity contribution in [2.75, 3.05) is 7.11 Å². The second-order valence-corrected chi connectivity index (χ2v) is 17.9. The molecular weight excluding hydrogens is 496 g/mol. The predicted octanol–water partition coefficient (Wildman–Crippen LogP) is 7.04. The van der Waals surface area contributed by atoms with E-state index in [0.717, 1.165) is 12.8 Å². The van der Waals surface area contributed by atoms with E-state index in [1.807, 2.05) is 13.8 Å². The molecule has 0 saturated heterocycles. The van der Waals surface area contributed by atoms with Crippen molar-refractivity contribution in [1.29, 1.82) is 0 Å². The van der Waals surface area contributed by atoms with Gasteiger partial charge in [0.15, 0.2) is 8.32 Å². The third-order valence-corrected chi connectivity index (χ3v) is 13.5. The van der Waals surface area contributed by atoms with Crippen molar-refractivity contribution in [1.82, 2.24) is 0 Å². The molecule has 0 bridgehead atoms. The van der Waals surface area contributed by atoms with Gasteiger partial charge in [-0.1, -0.05) is 66.7 Å². The lowest BCUT2D eigenvalue weighted by Crippen LogP contribution is -2.45. The summed E-state index contributed by atoms with van der Waals surface area (Å²) >= 11 is 0. The number of carbonyl (C=O) groups excluding carboxylic acids is 3. The Kier molecular flexibility index (Phi) is 11.6. The Labute approximate surface area is 232 Å². The van der Waals surface area contributed by atoms with Crippen LogP contribution in [0.3, 0.4) is 0 Å². The fourth-order valence-electron chi connectivity index (χ4n) is 5.36. The highest BCUT2D eigenvalue weighted by Gasteiger charge is 2.42. The highest BCUT2D eigenvalue weighted by Crippen LogP contribution is 2.45. The van der Waals surface area contributed by atoms with E-state index in [0.29, 0.717) is 18.8 Å². The molecule has 0 heterocycles. The Morgan fingerprint density at radius 2 is 1.79 bits per heavy atom. The normalized spacial score (nSPS) is 27.1. The smallest absolute Gasteiger partial charge is 0.308 e. The van der Waals surface area contributed by atoms with Crippen molar-refractivity contribution in [3.05, 3.63) is 23.8 Å². The topological polar surface area (TPSA) is 78.9 Å². The lowest BCUT2D eigenvalue weighted by atomic mass is 9.65. The standard InChI is InChI=1S/C31H52O6Si/c1-11-21(3)30(34)36-27-17-20(2)16-23-13-12-22(4)26(29(23)27)15-14-24(32)18-25(19-28(33)35-8)37-38(9,10)31(5,6)7/h12-13,16,20-22,25-27,29H,11,14-15,17-19H2,1-10H3/t20-,21-,22-,25+,26-,27-,29-/m0/s1. The first-order valence-corrected chi connectivity index (χ1v) is 17.4. The molecule has 0 aliphatic heterocycles. The predicted molar refractivity (Wildman–Crippen MR) is 154 cm³/mol. The average Bonchev–Trinajstić information content (AvgIpc) is 2.81. The molecule has 0 fully saturated rings. The first-order valence-electron chi connectivity index (χ1n) is 14.5. The second-order valence-electron chi connectivity index (χ2n) is 13.1. The molecule has 0 amide bonds. The highest BCUT2D eigenvalue weighted by molar-refractivity contribution is 6.74. The minimum absolute atomic E-state index is 0.0309. The summed E-state index contributed by atoms with van der Waals surface area (Å²) in [6.45, 7) is 19.0. The van der Waals surface area contributed by atoms with Crippen molar-refractivity contribution in [2.24, 2.45) is 29.6 Å². The molecule has 6 nitrogen and oxygen atoms in total. The maximum atomic E-state index is 13.3. The van der Waals surface area contributed by atoms with Crippen molar-refractivity contribution in [2.45, 2.75) is 117 Å². The van der Waals surface area contributed by atoms with Gasteiger partial charge in [0.05, 0.1) is 25.6 Å². The minimum Gasteiger partial charge on any atom is -0.469 e. The SMILES string of the molecule is CC[C@H](C)C(=O)O[C@H]1C[C@@H](C)C=C2C=C[C@H](C)[C@H](CCC(=O)C[C@H](CC(=O)OC)O[Si](C)(C)C(C)(C)C)[C@H]21. The van der Waals surface area contributed by atoms with Crippen LogP contribution in [0.15, 0.2) is 23.8 Å². The summed E-state index contributed by atoms with van der Waals surface area (Å²) in [5.41, 5.74) is 1.23. The quantitative estimate of drug-likeness (QED) is 0.192. The van der Waals surface area contributed by atoms with E-state index in [1.54, 1.807) is 0 Å². The van der Waals surface area contributed by atoms with E-state index in [2.05, 4.69) is 65.9 Å². The third-order valence-electron chi connectivity index (χ3n) is 8.98. The Balaban J connectivity index is 2.16. The number of hydrogen-bond acceptors (Lipinski definition) is 6. The number of Topliss-reactive ketones (excluding diaryl/α,β-unsaturated/α-hetero) is 1. The van der Waals surface area contributed by atoms with Gasteiger partial charge in [0.25, 0.3) is 0 Å². The van der Waals surface area contributed by atoms with Gasteiger partial charge >= 0.3 is 11.9 Å². The number of hydrogen-bond donors (Lipinski definition) is 0. The first-order chi connectivity index (χ1) is 17.6. The minimum atomic E-state index is -2.17. The summed E-state index contributed by atoms with van der Waals surface area (Å²) in [5, 5.41) is -0.0309. The molecule has 38 heavy (non-hydrogen) atoms. The first kappa shape index (κ1) is 32.5. The molecule has 7 heteroatoms. The summed E-state index contributed by atoms with van der Waals surface area (Å²) in [6.07, 6.45) is 9.03. The van der Waals surface area contributed by atoms with E-state index in [-0.39, 0.29) is 65.4 Å². The Morgan fingerprint density at radius 1 is 1.13 bits per heavy atom. The average molecular weight is 549 g/mol. The Bertz CT molecular complexity index is 899. The van der Waals surface area contributed by atoms with Crippen LogP contribution in [0.1, 0.15) is 87.0 Å². The van der Waals surface area contributed by atoms with E-state index >= 15 is 0 Å². The fraction of sp³-hybridized carbons (Fsp3) is 0.774. The molecule has 0 radical (unpaired) electrons. The number of ketones is 1. The number of fused-ring (bicyclic) bond motifs is 1. The van der Waals surface area contributed by atoms with Crippen LogP contribution in [0.25, 0.3) is 0 Å². The zero-order valence-corrected chi connectivity index (χ0v) is 26.5. The molecule has 0 saturated carbocycles. The summed E-state index contributed by atoms with van der Waals surface area (Å²) in [5.74, 6) is 0.409. The zero-order chi connectivity index (χ0) is 28.8. The van der Waals surface area contributed by atoms with E-state index in [9.17, 15) is 14.4 Å². The van der Waals surface area contributed by atoms with Gasteiger partial charge in [-0.25, -0.2) is 0 Å². The maximum absolute atomic E-state index is 13.3. The molecule has 0 aromatic heterocycles. The highest BCUT2D eigenvalue weighted by atomic mass is 28.4. The molecule has 0 unspecified atom stereocenters. The summed E-state index contributed by atoms with van der Waals surface area (Å²) < 4.78 is 17.5. The monoisotopic (exact) mass is 548 g/mol. The van der Waals surface area contributed by atoms with Crippen molar-refractivity contribution in [3.8, 4) is 0 Å². The number of carbonyl (C=O) groups is 3. The van der Waals surface area contributed by atoms with Crippen molar-refractivity contribution in [3.63, 3.8) is 0 Å². The van der Waals surface area contributed by atoms with Crippen LogP contribution in [0.5, 0.6) is 0 Å². The Hall–Kier alpha value is -1.73. The second kappa shape index (κ2) is 13.6. The van der Waals surface area contributed by atoms with Gasteiger partial charge < -0.3 is 13.9 Å². The molecule has 2 rings (SSSR count). The van der Waals surface area contributed by atoms with Gasteiger partial charge in [0.2, 0.25) is 0 Å². The molecule has 0 spiro atoms. The van der Waals surface area contributed by atoms with E-state index in [4.69, 9.17) is 13.9 Å². The van der Waals surface area contributed by atoms with E-state index in [1.165, 1.54) is 12.7 Å². The van der Waals surface area contributed by atoms with Gasteiger partial charge in [-0.3, -0.25) is 14.4 Å². The van der Waals surface area contributed by atoms with Crippen molar-refractivity contribution < 1.29 is 28.3 Å².